The lowest BCUT2D eigenvalue weighted by molar-refractivity contribution is -0.139. The van der Waals surface area contributed by atoms with E-state index in [1.807, 2.05) is 0 Å². The van der Waals surface area contributed by atoms with E-state index < -0.39 is 29.2 Å². The summed E-state index contributed by atoms with van der Waals surface area (Å²) >= 11 is 0. The van der Waals surface area contributed by atoms with Crippen molar-refractivity contribution in [1.29, 1.82) is 0 Å². The summed E-state index contributed by atoms with van der Waals surface area (Å²) in [5.74, 6) is -0.770. The number of amides is 4. The summed E-state index contributed by atoms with van der Waals surface area (Å²) in [6.07, 6.45) is 1.78. The highest BCUT2D eigenvalue weighted by Crippen LogP contribution is 2.32. The number of urea groups is 1. The first-order valence-corrected chi connectivity index (χ1v) is 8.54. The quantitative estimate of drug-likeness (QED) is 0.787. The number of likely N-dealkylation sites (N-methyl/N-ethyl adjacent to an activating group) is 1. The Morgan fingerprint density at radius 2 is 1.96 bits per heavy atom. The standard InChI is InChI=1S/C19H20FN3O4/c1-3-19(13-6-8-14(20)9-7-13)17(25)23(18(26)21-19)12-16(24)22(2)11-15-5-4-10-27-15/h4-10H,3,11-12H2,1-2H3,(H,21,26). The number of hydrogen-bond donors (Lipinski definition) is 1. The number of imide groups is 1. The van der Waals surface area contributed by atoms with Crippen molar-refractivity contribution in [3.63, 3.8) is 0 Å². The number of nitrogens with one attached hydrogen (secondary N) is 1. The second kappa shape index (κ2) is 7.22. The number of carbonyl (C=O) groups is 3. The molecule has 2 aromatic rings. The van der Waals surface area contributed by atoms with Gasteiger partial charge in [0.15, 0.2) is 0 Å². The predicted molar refractivity (Wildman–Crippen MR) is 93.8 cm³/mol. The number of rotatable bonds is 6. The van der Waals surface area contributed by atoms with Crippen molar-refractivity contribution in [3.05, 3.63) is 59.8 Å². The fraction of sp³-hybridized carbons (Fsp3) is 0.316. The number of hydrogen-bond acceptors (Lipinski definition) is 4. The van der Waals surface area contributed by atoms with Crippen molar-refractivity contribution in [2.45, 2.75) is 25.4 Å². The molecule has 142 valence electrons. The van der Waals surface area contributed by atoms with Crippen LogP contribution in [0.4, 0.5) is 9.18 Å². The van der Waals surface area contributed by atoms with Gasteiger partial charge < -0.3 is 14.6 Å². The van der Waals surface area contributed by atoms with Crippen LogP contribution in [0.1, 0.15) is 24.7 Å². The monoisotopic (exact) mass is 373 g/mol. The van der Waals surface area contributed by atoms with Crippen molar-refractivity contribution in [3.8, 4) is 0 Å². The lowest BCUT2D eigenvalue weighted by Crippen LogP contribution is -2.45. The van der Waals surface area contributed by atoms with Gasteiger partial charge in [-0.1, -0.05) is 19.1 Å². The van der Waals surface area contributed by atoms with E-state index in [0.29, 0.717) is 11.3 Å². The summed E-state index contributed by atoms with van der Waals surface area (Å²) in [6, 6.07) is 8.19. The molecule has 0 bridgehead atoms. The fourth-order valence-electron chi connectivity index (χ4n) is 3.12. The summed E-state index contributed by atoms with van der Waals surface area (Å²) in [7, 11) is 1.57. The molecule has 0 saturated carbocycles. The zero-order valence-corrected chi connectivity index (χ0v) is 15.1. The smallest absolute Gasteiger partial charge is 0.325 e. The van der Waals surface area contributed by atoms with E-state index in [1.165, 1.54) is 35.4 Å². The lowest BCUT2D eigenvalue weighted by Gasteiger charge is -2.26. The molecule has 0 spiro atoms. The van der Waals surface area contributed by atoms with E-state index in [9.17, 15) is 18.8 Å². The molecule has 2 heterocycles. The van der Waals surface area contributed by atoms with E-state index in [-0.39, 0.29) is 19.5 Å². The van der Waals surface area contributed by atoms with E-state index in [4.69, 9.17) is 4.42 Å². The minimum Gasteiger partial charge on any atom is -0.467 e. The highest BCUT2D eigenvalue weighted by molar-refractivity contribution is 6.09. The van der Waals surface area contributed by atoms with Gasteiger partial charge >= 0.3 is 6.03 Å². The van der Waals surface area contributed by atoms with Gasteiger partial charge in [0.1, 0.15) is 23.7 Å². The molecule has 27 heavy (non-hydrogen) atoms. The van der Waals surface area contributed by atoms with Crippen LogP contribution in [0.5, 0.6) is 0 Å². The molecular formula is C19H20FN3O4. The van der Waals surface area contributed by atoms with Crippen LogP contribution in [-0.2, 0) is 21.7 Å². The van der Waals surface area contributed by atoms with E-state index >= 15 is 0 Å². The van der Waals surface area contributed by atoms with Gasteiger partial charge in [0.2, 0.25) is 5.91 Å². The van der Waals surface area contributed by atoms with Crippen molar-refractivity contribution in [2.24, 2.45) is 0 Å². The van der Waals surface area contributed by atoms with Gasteiger partial charge in [-0.25, -0.2) is 9.18 Å². The molecule has 0 radical (unpaired) electrons. The zero-order chi connectivity index (χ0) is 19.6. The van der Waals surface area contributed by atoms with E-state index in [1.54, 1.807) is 26.1 Å². The molecule has 1 aromatic carbocycles. The Bertz CT molecular complexity index is 850. The van der Waals surface area contributed by atoms with Gasteiger partial charge in [-0.15, -0.1) is 0 Å². The third-order valence-corrected chi connectivity index (χ3v) is 4.74. The minimum atomic E-state index is -1.30. The summed E-state index contributed by atoms with van der Waals surface area (Å²) in [4.78, 5) is 40.1. The lowest BCUT2D eigenvalue weighted by atomic mass is 9.87. The SMILES string of the molecule is CCC1(c2ccc(F)cc2)NC(=O)N(CC(=O)N(C)Cc2ccco2)C1=O. The van der Waals surface area contributed by atoms with Gasteiger partial charge in [-0.2, -0.15) is 0 Å². The third-order valence-electron chi connectivity index (χ3n) is 4.74. The Hall–Kier alpha value is -3.16. The predicted octanol–water partition coefficient (Wildman–Crippen LogP) is 2.23. The average molecular weight is 373 g/mol. The number of furan rings is 1. The fourth-order valence-corrected chi connectivity index (χ4v) is 3.12. The molecule has 8 heteroatoms. The van der Waals surface area contributed by atoms with E-state index in [2.05, 4.69) is 5.32 Å². The highest BCUT2D eigenvalue weighted by atomic mass is 19.1. The normalized spacial score (nSPS) is 19.3. The summed E-state index contributed by atoms with van der Waals surface area (Å²) in [5.41, 5.74) is -0.825. The molecule has 1 atom stereocenters. The van der Waals surface area contributed by atoms with Crippen molar-refractivity contribution in [1.82, 2.24) is 15.1 Å². The maximum atomic E-state index is 13.2. The van der Waals surface area contributed by atoms with Gasteiger partial charge in [0, 0.05) is 7.05 Å². The van der Waals surface area contributed by atoms with Crippen LogP contribution in [-0.4, -0.2) is 41.2 Å². The first kappa shape index (κ1) is 18.6. The maximum Gasteiger partial charge on any atom is 0.325 e. The van der Waals surface area contributed by atoms with Crippen LogP contribution in [0.15, 0.2) is 47.1 Å². The topological polar surface area (TPSA) is 82.9 Å². The first-order chi connectivity index (χ1) is 12.9. The zero-order valence-electron chi connectivity index (χ0n) is 15.1. The molecule has 1 aromatic heterocycles. The number of carbonyl (C=O) groups excluding carboxylic acids is 3. The minimum absolute atomic E-state index is 0.229. The number of halogens is 1. The van der Waals surface area contributed by atoms with Crippen molar-refractivity contribution >= 4 is 17.8 Å². The molecule has 1 aliphatic rings. The van der Waals surface area contributed by atoms with Crippen LogP contribution in [0.3, 0.4) is 0 Å². The largest absolute Gasteiger partial charge is 0.467 e. The highest BCUT2D eigenvalue weighted by Gasteiger charge is 2.51. The molecular weight excluding hydrogens is 353 g/mol. The molecule has 1 saturated heterocycles. The molecule has 4 amide bonds. The molecule has 0 aliphatic carbocycles. The van der Waals surface area contributed by atoms with Crippen LogP contribution in [0.25, 0.3) is 0 Å². The maximum absolute atomic E-state index is 13.2. The Labute approximate surface area is 155 Å². The third kappa shape index (κ3) is 3.42. The Morgan fingerprint density at radius 1 is 1.26 bits per heavy atom. The van der Waals surface area contributed by atoms with Crippen molar-refractivity contribution in [2.75, 3.05) is 13.6 Å². The summed E-state index contributed by atoms with van der Waals surface area (Å²) in [5, 5.41) is 2.67. The summed E-state index contributed by atoms with van der Waals surface area (Å²) in [6.45, 7) is 1.59. The second-order valence-electron chi connectivity index (χ2n) is 6.42. The molecule has 1 N–H and O–H groups in total. The molecule has 1 unspecified atom stereocenters. The second-order valence-corrected chi connectivity index (χ2v) is 6.42. The number of nitrogens with zero attached hydrogens (tertiary/aromatic N) is 2. The van der Waals surface area contributed by atoms with Gasteiger partial charge in [0.05, 0.1) is 12.8 Å². The van der Waals surface area contributed by atoms with Crippen LogP contribution < -0.4 is 5.32 Å². The van der Waals surface area contributed by atoms with Crippen LogP contribution in [0, 0.1) is 5.82 Å². The van der Waals surface area contributed by atoms with Crippen molar-refractivity contribution < 1.29 is 23.2 Å². The van der Waals surface area contributed by atoms with Gasteiger partial charge in [0.25, 0.3) is 5.91 Å². The van der Waals surface area contributed by atoms with Crippen LogP contribution in [0.2, 0.25) is 0 Å². The van der Waals surface area contributed by atoms with E-state index in [0.717, 1.165) is 4.90 Å². The molecule has 1 fully saturated rings. The Balaban J connectivity index is 1.76. The average Bonchev–Trinajstić information content (AvgIpc) is 3.24. The first-order valence-electron chi connectivity index (χ1n) is 8.54. The molecule has 7 nitrogen and oxygen atoms in total. The molecule has 3 rings (SSSR count). The Kier molecular flexibility index (Phi) is 4.98. The Morgan fingerprint density at radius 3 is 2.56 bits per heavy atom. The van der Waals surface area contributed by atoms with Gasteiger partial charge in [-0.3, -0.25) is 14.5 Å². The summed E-state index contributed by atoms with van der Waals surface area (Å²) < 4.78 is 18.4. The van der Waals surface area contributed by atoms with Gasteiger partial charge in [-0.05, 0) is 36.2 Å². The van der Waals surface area contributed by atoms with Crippen LogP contribution >= 0.6 is 0 Å². The number of benzene rings is 1. The molecule has 1 aliphatic heterocycles.